The summed E-state index contributed by atoms with van der Waals surface area (Å²) in [6, 6.07) is 11.1. The highest BCUT2D eigenvalue weighted by molar-refractivity contribution is 7.89. The number of benzene rings is 2. The van der Waals surface area contributed by atoms with Gasteiger partial charge in [-0.05, 0) is 49.4 Å². The lowest BCUT2D eigenvalue weighted by Gasteiger charge is -2.18. The molecule has 33 heavy (non-hydrogen) atoms. The number of carbonyl (C=O) groups is 2. The number of ether oxygens (including phenoxy) is 1. The Morgan fingerprint density at radius 1 is 1.06 bits per heavy atom. The fourth-order valence-corrected chi connectivity index (χ4v) is 4.80. The van der Waals surface area contributed by atoms with Crippen LogP contribution in [0.3, 0.4) is 0 Å². The van der Waals surface area contributed by atoms with Crippen LogP contribution in [0.25, 0.3) is 11.0 Å². The Kier molecular flexibility index (Phi) is 7.77. The van der Waals surface area contributed by atoms with E-state index in [0.717, 1.165) is 0 Å². The van der Waals surface area contributed by atoms with Gasteiger partial charge in [-0.25, -0.2) is 17.9 Å². The highest BCUT2D eigenvalue weighted by atomic mass is 32.2. The van der Waals surface area contributed by atoms with Crippen molar-refractivity contribution in [2.24, 2.45) is 0 Å². The molecular formula is C22H27N5O5S. The normalized spacial score (nSPS) is 11.6. The van der Waals surface area contributed by atoms with Crippen LogP contribution in [0.5, 0.6) is 0 Å². The van der Waals surface area contributed by atoms with Crippen molar-refractivity contribution in [1.29, 1.82) is 0 Å². The maximum atomic E-state index is 12.7. The molecule has 1 heterocycles. The zero-order chi connectivity index (χ0) is 24.0. The molecule has 176 valence electrons. The molecule has 0 bridgehead atoms. The van der Waals surface area contributed by atoms with Gasteiger partial charge in [0, 0.05) is 25.2 Å². The van der Waals surface area contributed by atoms with Crippen molar-refractivity contribution in [3.05, 3.63) is 48.0 Å². The van der Waals surface area contributed by atoms with Crippen LogP contribution in [0.1, 0.15) is 37.6 Å². The van der Waals surface area contributed by atoms with Crippen LogP contribution in [0.4, 0.5) is 5.69 Å². The Balaban J connectivity index is 1.64. The van der Waals surface area contributed by atoms with E-state index >= 15 is 0 Å². The number of fused-ring (bicyclic) bond motifs is 1. The van der Waals surface area contributed by atoms with E-state index in [4.69, 9.17) is 4.74 Å². The number of hydrogen-bond donors (Lipinski definition) is 1. The smallest absolute Gasteiger partial charge is 0.338 e. The fourth-order valence-electron chi connectivity index (χ4n) is 3.33. The van der Waals surface area contributed by atoms with Crippen LogP contribution < -0.4 is 5.32 Å². The molecule has 0 spiro atoms. The van der Waals surface area contributed by atoms with Gasteiger partial charge in [-0.3, -0.25) is 4.79 Å². The number of rotatable bonds is 10. The molecule has 10 nitrogen and oxygen atoms in total. The maximum absolute atomic E-state index is 12.7. The number of anilines is 1. The molecule has 3 rings (SSSR count). The SMILES string of the molecule is CCOC(=O)c1ccc(NC(=O)CCn2nnc3cc(S(=O)(=O)N(CC)CC)ccc32)cc1. The largest absolute Gasteiger partial charge is 0.462 e. The summed E-state index contributed by atoms with van der Waals surface area (Å²) in [6.45, 7) is 6.63. The summed E-state index contributed by atoms with van der Waals surface area (Å²) in [7, 11) is -3.59. The second kappa shape index (κ2) is 10.5. The van der Waals surface area contributed by atoms with Gasteiger partial charge in [0.05, 0.1) is 29.1 Å². The van der Waals surface area contributed by atoms with E-state index in [2.05, 4.69) is 15.6 Å². The van der Waals surface area contributed by atoms with E-state index in [1.807, 2.05) is 0 Å². The summed E-state index contributed by atoms with van der Waals surface area (Å²) in [5.74, 6) is -0.648. The first-order chi connectivity index (χ1) is 15.8. The first-order valence-corrected chi connectivity index (χ1v) is 12.1. The summed E-state index contributed by atoms with van der Waals surface area (Å²) < 4.78 is 33.3. The second-order valence-corrected chi connectivity index (χ2v) is 9.09. The van der Waals surface area contributed by atoms with Crippen LogP contribution in [0.15, 0.2) is 47.4 Å². The first-order valence-electron chi connectivity index (χ1n) is 10.7. The first kappa shape index (κ1) is 24.3. The zero-order valence-corrected chi connectivity index (χ0v) is 19.6. The number of aromatic nitrogens is 3. The van der Waals surface area contributed by atoms with E-state index < -0.39 is 16.0 Å². The Bertz CT molecular complexity index is 1230. The van der Waals surface area contributed by atoms with Crippen molar-refractivity contribution in [2.75, 3.05) is 25.0 Å². The molecule has 0 unspecified atom stereocenters. The van der Waals surface area contributed by atoms with Crippen molar-refractivity contribution in [3.8, 4) is 0 Å². The summed E-state index contributed by atoms with van der Waals surface area (Å²) in [6.07, 6.45) is 0.136. The van der Waals surface area contributed by atoms with E-state index in [9.17, 15) is 18.0 Å². The number of amides is 1. The molecule has 1 N–H and O–H groups in total. The molecule has 0 saturated heterocycles. The topological polar surface area (TPSA) is 123 Å². The molecule has 1 amide bonds. The summed E-state index contributed by atoms with van der Waals surface area (Å²) in [5, 5.41) is 10.9. The van der Waals surface area contributed by atoms with Crippen LogP contribution >= 0.6 is 0 Å². The van der Waals surface area contributed by atoms with Crippen molar-refractivity contribution in [2.45, 2.75) is 38.6 Å². The van der Waals surface area contributed by atoms with Crippen molar-refractivity contribution < 1.29 is 22.7 Å². The lowest BCUT2D eigenvalue weighted by atomic mass is 10.2. The Labute approximate surface area is 192 Å². The minimum atomic E-state index is -3.59. The lowest BCUT2D eigenvalue weighted by Crippen LogP contribution is -2.30. The Morgan fingerprint density at radius 3 is 2.39 bits per heavy atom. The second-order valence-electron chi connectivity index (χ2n) is 7.15. The van der Waals surface area contributed by atoms with Crippen molar-refractivity contribution in [1.82, 2.24) is 19.3 Å². The average Bonchev–Trinajstić information content (AvgIpc) is 3.21. The number of hydrogen-bond acceptors (Lipinski definition) is 7. The molecule has 0 aliphatic carbocycles. The van der Waals surface area contributed by atoms with Gasteiger partial charge in [0.15, 0.2) is 0 Å². The predicted molar refractivity (Wildman–Crippen MR) is 123 cm³/mol. The monoisotopic (exact) mass is 473 g/mol. The van der Waals surface area contributed by atoms with Gasteiger partial charge in [0.1, 0.15) is 5.52 Å². The van der Waals surface area contributed by atoms with Crippen LogP contribution in [-0.4, -0.2) is 59.3 Å². The third-order valence-corrected chi connectivity index (χ3v) is 7.10. The Hall–Kier alpha value is -3.31. The Morgan fingerprint density at radius 2 is 1.76 bits per heavy atom. The number of sulfonamides is 1. The van der Waals surface area contributed by atoms with E-state index in [0.29, 0.717) is 42.0 Å². The number of nitrogens with one attached hydrogen (secondary N) is 1. The van der Waals surface area contributed by atoms with Crippen molar-refractivity contribution in [3.63, 3.8) is 0 Å². The molecule has 1 aromatic heterocycles. The minimum absolute atomic E-state index is 0.136. The molecule has 2 aromatic carbocycles. The standard InChI is InChI=1S/C22H27N5O5S/c1-4-26(5-2)33(30,31)18-11-12-20-19(15-18)24-25-27(20)14-13-21(28)23-17-9-7-16(8-10-17)22(29)32-6-3/h7-12,15H,4-6,13-14H2,1-3H3,(H,23,28). The van der Waals surface area contributed by atoms with Gasteiger partial charge in [-0.1, -0.05) is 19.1 Å². The quantitative estimate of drug-likeness (QED) is 0.449. The van der Waals surface area contributed by atoms with Crippen LogP contribution in [-0.2, 0) is 26.1 Å². The van der Waals surface area contributed by atoms with Gasteiger partial charge in [0.25, 0.3) is 0 Å². The third-order valence-electron chi connectivity index (χ3n) is 5.06. The summed E-state index contributed by atoms with van der Waals surface area (Å²) >= 11 is 0. The van der Waals surface area contributed by atoms with E-state index in [1.54, 1.807) is 55.8 Å². The van der Waals surface area contributed by atoms with Gasteiger partial charge >= 0.3 is 5.97 Å². The fraction of sp³-hybridized carbons (Fsp3) is 0.364. The minimum Gasteiger partial charge on any atom is -0.462 e. The van der Waals surface area contributed by atoms with Gasteiger partial charge < -0.3 is 10.1 Å². The number of esters is 1. The molecule has 0 aliphatic rings. The molecule has 11 heteroatoms. The van der Waals surface area contributed by atoms with E-state index in [-0.39, 0.29) is 23.8 Å². The summed E-state index contributed by atoms with van der Waals surface area (Å²) in [5.41, 5.74) is 2.05. The zero-order valence-electron chi connectivity index (χ0n) is 18.8. The van der Waals surface area contributed by atoms with Gasteiger partial charge in [-0.15, -0.1) is 5.10 Å². The molecule has 0 saturated carbocycles. The molecule has 0 radical (unpaired) electrons. The predicted octanol–water partition coefficient (Wildman–Crippen LogP) is 2.67. The average molecular weight is 474 g/mol. The molecule has 0 aliphatic heterocycles. The number of carbonyl (C=O) groups excluding carboxylic acids is 2. The highest BCUT2D eigenvalue weighted by Gasteiger charge is 2.22. The maximum Gasteiger partial charge on any atom is 0.338 e. The van der Waals surface area contributed by atoms with Gasteiger partial charge in [-0.2, -0.15) is 4.31 Å². The molecule has 3 aromatic rings. The lowest BCUT2D eigenvalue weighted by molar-refractivity contribution is -0.116. The van der Waals surface area contributed by atoms with Crippen molar-refractivity contribution >= 4 is 38.6 Å². The van der Waals surface area contributed by atoms with E-state index in [1.165, 1.54) is 16.4 Å². The molecule has 0 fully saturated rings. The third kappa shape index (κ3) is 5.55. The molecular weight excluding hydrogens is 446 g/mol. The van der Waals surface area contributed by atoms with Gasteiger partial charge in [0.2, 0.25) is 15.9 Å². The summed E-state index contributed by atoms with van der Waals surface area (Å²) in [4.78, 5) is 24.2. The van der Waals surface area contributed by atoms with Crippen LogP contribution in [0.2, 0.25) is 0 Å². The number of nitrogens with zero attached hydrogens (tertiary/aromatic N) is 4. The molecule has 0 atom stereocenters. The highest BCUT2D eigenvalue weighted by Crippen LogP contribution is 2.21. The van der Waals surface area contributed by atoms with Crippen LogP contribution in [0, 0.1) is 0 Å². The number of aryl methyl sites for hydroxylation is 1.